The van der Waals surface area contributed by atoms with Gasteiger partial charge in [0.15, 0.2) is 5.82 Å². The zero-order chi connectivity index (χ0) is 16.1. The zero-order valence-electron chi connectivity index (χ0n) is 13.6. The van der Waals surface area contributed by atoms with Crippen molar-refractivity contribution < 1.29 is 4.74 Å². The lowest BCUT2D eigenvalue weighted by atomic mass is 10.1. The van der Waals surface area contributed by atoms with E-state index in [2.05, 4.69) is 33.1 Å². The number of hydrogen-bond acceptors (Lipinski definition) is 5. The summed E-state index contributed by atoms with van der Waals surface area (Å²) < 4.78 is 7.55. The maximum atomic E-state index is 5.58. The second-order valence-electron chi connectivity index (χ2n) is 6.70. The van der Waals surface area contributed by atoms with Gasteiger partial charge < -0.3 is 9.64 Å². The molecular formula is C17H20N6O. The van der Waals surface area contributed by atoms with E-state index in [0.717, 1.165) is 42.6 Å². The number of rotatable bonds is 3. The molecule has 7 heteroatoms. The number of hydrogen-bond donors (Lipinski definition) is 1. The molecule has 3 aromatic rings. The molecule has 5 rings (SSSR count). The first-order valence-electron chi connectivity index (χ1n) is 8.54. The van der Waals surface area contributed by atoms with Crippen LogP contribution in [0.15, 0.2) is 24.5 Å². The number of anilines is 1. The molecule has 1 aliphatic carbocycles. The Morgan fingerprint density at radius 1 is 1.33 bits per heavy atom. The maximum Gasteiger partial charge on any atom is 0.179 e. The van der Waals surface area contributed by atoms with E-state index in [1.807, 2.05) is 16.8 Å². The molecular weight excluding hydrogens is 304 g/mol. The normalized spacial score (nSPS) is 21.5. The maximum absolute atomic E-state index is 5.58. The molecule has 0 spiro atoms. The van der Waals surface area contributed by atoms with Crippen LogP contribution in [0.2, 0.25) is 0 Å². The fourth-order valence-corrected chi connectivity index (χ4v) is 3.48. The van der Waals surface area contributed by atoms with E-state index in [-0.39, 0.29) is 0 Å². The molecule has 4 heterocycles. The summed E-state index contributed by atoms with van der Waals surface area (Å²) in [5, 5.41) is 12.0. The molecule has 0 amide bonds. The van der Waals surface area contributed by atoms with Gasteiger partial charge in [0, 0.05) is 12.7 Å². The molecule has 0 radical (unpaired) electrons. The van der Waals surface area contributed by atoms with Gasteiger partial charge in [0.1, 0.15) is 11.5 Å². The van der Waals surface area contributed by atoms with Gasteiger partial charge in [-0.1, -0.05) is 0 Å². The van der Waals surface area contributed by atoms with E-state index in [9.17, 15) is 0 Å². The topological polar surface area (TPSA) is 71.3 Å². The molecule has 3 aromatic heterocycles. The van der Waals surface area contributed by atoms with E-state index in [1.54, 1.807) is 6.20 Å². The van der Waals surface area contributed by atoms with Gasteiger partial charge in [0.2, 0.25) is 0 Å². The predicted molar refractivity (Wildman–Crippen MR) is 90.2 cm³/mol. The first-order valence-corrected chi connectivity index (χ1v) is 8.54. The highest BCUT2D eigenvalue weighted by atomic mass is 16.5. The summed E-state index contributed by atoms with van der Waals surface area (Å²) in [5.74, 6) is 2.46. The van der Waals surface area contributed by atoms with Gasteiger partial charge >= 0.3 is 0 Å². The van der Waals surface area contributed by atoms with Crippen molar-refractivity contribution >= 4 is 11.3 Å². The van der Waals surface area contributed by atoms with Crippen LogP contribution < -0.4 is 4.90 Å². The smallest absolute Gasteiger partial charge is 0.179 e. The number of imidazole rings is 1. The number of fused-ring (bicyclic) bond motifs is 1. The summed E-state index contributed by atoms with van der Waals surface area (Å²) in [6.07, 6.45) is 6.18. The molecule has 1 atom stereocenters. The van der Waals surface area contributed by atoms with Crippen molar-refractivity contribution in [2.24, 2.45) is 0 Å². The largest absolute Gasteiger partial charge is 0.377 e. The molecule has 2 aliphatic rings. The van der Waals surface area contributed by atoms with Gasteiger partial charge in [-0.15, -0.1) is 5.10 Å². The zero-order valence-corrected chi connectivity index (χ0v) is 13.6. The van der Waals surface area contributed by atoms with Crippen molar-refractivity contribution in [1.29, 1.82) is 0 Å². The van der Waals surface area contributed by atoms with Crippen LogP contribution in [0.3, 0.4) is 0 Å². The van der Waals surface area contributed by atoms with Crippen molar-refractivity contribution in [3.63, 3.8) is 0 Å². The van der Waals surface area contributed by atoms with Crippen LogP contribution in [0.4, 0.5) is 5.82 Å². The Balaban J connectivity index is 1.69. The first-order chi connectivity index (χ1) is 11.8. The minimum atomic E-state index is 0.329. The van der Waals surface area contributed by atoms with Crippen LogP contribution in [0.5, 0.6) is 0 Å². The average Bonchev–Trinajstić information content (AvgIpc) is 3.13. The number of aromatic nitrogens is 5. The quantitative estimate of drug-likeness (QED) is 0.800. The third-order valence-electron chi connectivity index (χ3n) is 4.94. The van der Waals surface area contributed by atoms with Crippen molar-refractivity contribution in [1.82, 2.24) is 24.8 Å². The lowest BCUT2D eigenvalue weighted by molar-refractivity contribution is 0.0984. The highest BCUT2D eigenvalue weighted by Crippen LogP contribution is 2.43. The monoisotopic (exact) mass is 324 g/mol. The predicted octanol–water partition coefficient (Wildman–Crippen LogP) is 2.22. The van der Waals surface area contributed by atoms with E-state index < -0.39 is 0 Å². The lowest BCUT2D eigenvalue weighted by Crippen LogP contribution is -2.44. The van der Waals surface area contributed by atoms with E-state index >= 15 is 0 Å². The summed E-state index contributed by atoms with van der Waals surface area (Å²) in [6, 6.07) is 4.51. The highest BCUT2D eigenvalue weighted by molar-refractivity contribution is 5.65. The Bertz CT molecular complexity index is 867. The minimum Gasteiger partial charge on any atom is -0.377 e. The van der Waals surface area contributed by atoms with Crippen molar-refractivity contribution in [2.45, 2.75) is 31.7 Å². The van der Waals surface area contributed by atoms with Gasteiger partial charge in [-0.05, 0) is 43.4 Å². The van der Waals surface area contributed by atoms with Crippen LogP contribution in [0.25, 0.3) is 17.0 Å². The van der Waals surface area contributed by atoms with Crippen molar-refractivity contribution in [3.8, 4) is 11.5 Å². The SMILES string of the molecule is C[C@@H]1COCCN1c1cc(C2CC2)c2cnc(-c3ccn[nH]3)n2n1. The number of nitrogens with one attached hydrogen (secondary N) is 1. The van der Waals surface area contributed by atoms with Crippen LogP contribution in [0, 0.1) is 0 Å². The average molecular weight is 324 g/mol. The fourth-order valence-electron chi connectivity index (χ4n) is 3.48. The van der Waals surface area contributed by atoms with E-state index in [1.165, 1.54) is 18.4 Å². The van der Waals surface area contributed by atoms with E-state index in [4.69, 9.17) is 9.84 Å². The second-order valence-corrected chi connectivity index (χ2v) is 6.70. The van der Waals surface area contributed by atoms with Gasteiger partial charge in [0.05, 0.1) is 31.0 Å². The molecule has 0 aromatic carbocycles. The number of aromatic amines is 1. The second kappa shape index (κ2) is 5.31. The summed E-state index contributed by atoms with van der Waals surface area (Å²) in [5.41, 5.74) is 3.35. The Morgan fingerprint density at radius 2 is 2.25 bits per heavy atom. The van der Waals surface area contributed by atoms with Crippen LogP contribution in [0.1, 0.15) is 31.2 Å². The van der Waals surface area contributed by atoms with Crippen LogP contribution >= 0.6 is 0 Å². The molecule has 0 unspecified atom stereocenters. The molecule has 1 saturated carbocycles. The Hall–Kier alpha value is -2.41. The van der Waals surface area contributed by atoms with Crippen LogP contribution in [-0.4, -0.2) is 50.6 Å². The van der Waals surface area contributed by atoms with Crippen LogP contribution in [-0.2, 0) is 4.74 Å². The lowest BCUT2D eigenvalue weighted by Gasteiger charge is -2.34. The fraction of sp³-hybridized carbons (Fsp3) is 0.471. The van der Waals surface area contributed by atoms with E-state index in [0.29, 0.717) is 12.0 Å². The van der Waals surface area contributed by atoms with Crippen molar-refractivity contribution in [2.75, 3.05) is 24.7 Å². The molecule has 1 N–H and O–H groups in total. The highest BCUT2D eigenvalue weighted by Gasteiger charge is 2.30. The molecule has 1 saturated heterocycles. The van der Waals surface area contributed by atoms with Gasteiger partial charge in [0.25, 0.3) is 0 Å². The van der Waals surface area contributed by atoms with Gasteiger partial charge in [-0.3, -0.25) is 5.10 Å². The number of morpholine rings is 1. The Kier molecular flexibility index (Phi) is 3.09. The number of ether oxygens (including phenoxy) is 1. The summed E-state index contributed by atoms with van der Waals surface area (Å²) in [6.45, 7) is 4.55. The summed E-state index contributed by atoms with van der Waals surface area (Å²) in [4.78, 5) is 6.94. The number of H-pyrrole nitrogens is 1. The molecule has 1 aliphatic heterocycles. The third kappa shape index (κ3) is 2.19. The Labute approximate surface area is 139 Å². The molecule has 124 valence electrons. The van der Waals surface area contributed by atoms with Gasteiger partial charge in [-0.25, -0.2) is 9.50 Å². The molecule has 0 bridgehead atoms. The molecule has 24 heavy (non-hydrogen) atoms. The summed E-state index contributed by atoms with van der Waals surface area (Å²) >= 11 is 0. The third-order valence-corrected chi connectivity index (χ3v) is 4.94. The standard InChI is InChI=1S/C17H20N6O/c1-11-10-24-7-6-22(11)16-8-13(12-2-3-12)15-9-18-17(23(15)21-16)14-4-5-19-20-14/h4-5,8-9,11-12H,2-3,6-7,10H2,1H3,(H,19,20)/t11-/m1/s1. The first kappa shape index (κ1) is 14.0. The number of nitrogens with zero attached hydrogens (tertiary/aromatic N) is 5. The molecule has 7 nitrogen and oxygen atoms in total. The van der Waals surface area contributed by atoms with Crippen molar-refractivity contribution in [3.05, 3.63) is 30.1 Å². The van der Waals surface area contributed by atoms with Gasteiger partial charge in [-0.2, -0.15) is 5.10 Å². The Morgan fingerprint density at radius 3 is 3.00 bits per heavy atom. The minimum absolute atomic E-state index is 0.329. The summed E-state index contributed by atoms with van der Waals surface area (Å²) in [7, 11) is 0. The molecule has 2 fully saturated rings.